The number of anilines is 6. The molecule has 58 heavy (non-hydrogen) atoms. The van der Waals surface area contributed by atoms with Crippen molar-refractivity contribution in [1.29, 1.82) is 0 Å². The SMILES string of the molecule is Cc1cc(-c2cc(C)c(N=Cc3ccc(N(c4ccccc4)c4ccccc4)cc3)c(C)c2)cc(C)c1N=Cc1ccc(N(c2ccccc2)c2ccccc2)cc1. The van der Waals surface area contributed by atoms with Crippen molar-refractivity contribution in [3.8, 4) is 11.1 Å². The summed E-state index contributed by atoms with van der Waals surface area (Å²) in [6.07, 6.45) is 3.93. The van der Waals surface area contributed by atoms with Crippen molar-refractivity contribution < 1.29 is 0 Å². The van der Waals surface area contributed by atoms with Crippen molar-refractivity contribution in [1.82, 2.24) is 0 Å². The number of aliphatic imine (C=N–C) groups is 2. The van der Waals surface area contributed by atoms with Gasteiger partial charge in [-0.05, 0) is 169 Å². The quantitative estimate of drug-likeness (QED) is 0.123. The van der Waals surface area contributed by atoms with Crippen LogP contribution in [0.25, 0.3) is 11.1 Å². The minimum Gasteiger partial charge on any atom is -0.311 e. The summed E-state index contributed by atoms with van der Waals surface area (Å²) in [4.78, 5) is 14.5. The number of para-hydroxylation sites is 4. The zero-order valence-electron chi connectivity index (χ0n) is 33.4. The molecule has 0 aliphatic heterocycles. The van der Waals surface area contributed by atoms with Crippen LogP contribution in [0.2, 0.25) is 0 Å². The fraction of sp³-hybridized carbons (Fsp3) is 0.0741. The minimum atomic E-state index is 0.999. The molecule has 0 bridgehead atoms. The Labute approximate surface area is 342 Å². The fourth-order valence-corrected chi connectivity index (χ4v) is 7.55. The van der Waals surface area contributed by atoms with Crippen LogP contribution in [-0.4, -0.2) is 12.4 Å². The molecule has 0 saturated carbocycles. The third-order valence-corrected chi connectivity index (χ3v) is 10.4. The summed E-state index contributed by atoms with van der Waals surface area (Å²) >= 11 is 0. The van der Waals surface area contributed by atoms with Gasteiger partial charge in [-0.3, -0.25) is 9.98 Å². The van der Waals surface area contributed by atoms with Crippen molar-refractivity contribution in [2.24, 2.45) is 9.98 Å². The first-order valence-electron chi connectivity index (χ1n) is 19.7. The molecule has 0 aliphatic rings. The highest BCUT2D eigenvalue weighted by Crippen LogP contribution is 2.37. The van der Waals surface area contributed by atoms with E-state index in [1.807, 2.05) is 36.7 Å². The van der Waals surface area contributed by atoms with Crippen LogP contribution >= 0.6 is 0 Å². The van der Waals surface area contributed by atoms with Crippen LogP contribution in [-0.2, 0) is 0 Å². The Morgan fingerprint density at radius 3 is 0.810 bits per heavy atom. The van der Waals surface area contributed by atoms with E-state index < -0.39 is 0 Å². The van der Waals surface area contributed by atoms with E-state index >= 15 is 0 Å². The number of benzene rings is 8. The molecule has 8 rings (SSSR count). The van der Waals surface area contributed by atoms with Crippen molar-refractivity contribution >= 4 is 57.9 Å². The van der Waals surface area contributed by atoms with E-state index in [1.54, 1.807) is 0 Å². The molecule has 0 fully saturated rings. The van der Waals surface area contributed by atoms with Gasteiger partial charge in [0.25, 0.3) is 0 Å². The molecular formula is C54H46N4. The van der Waals surface area contributed by atoms with E-state index in [-0.39, 0.29) is 0 Å². The molecule has 0 unspecified atom stereocenters. The topological polar surface area (TPSA) is 31.2 Å². The van der Waals surface area contributed by atoms with Gasteiger partial charge in [0.2, 0.25) is 0 Å². The van der Waals surface area contributed by atoms with Crippen LogP contribution in [0, 0.1) is 27.7 Å². The zero-order chi connectivity index (χ0) is 39.8. The number of hydrogen-bond donors (Lipinski definition) is 0. The fourth-order valence-electron chi connectivity index (χ4n) is 7.55. The molecule has 282 valence electrons. The molecule has 0 heterocycles. The molecule has 0 radical (unpaired) electrons. The maximum absolute atomic E-state index is 4.99. The Morgan fingerprint density at radius 1 is 0.310 bits per heavy atom. The summed E-state index contributed by atoms with van der Waals surface area (Å²) in [6.45, 7) is 8.58. The maximum atomic E-state index is 4.99. The summed E-state index contributed by atoms with van der Waals surface area (Å²) in [5.41, 5.74) is 17.7. The molecular weight excluding hydrogens is 705 g/mol. The number of hydrogen-bond acceptors (Lipinski definition) is 4. The second-order valence-electron chi connectivity index (χ2n) is 14.6. The lowest BCUT2D eigenvalue weighted by Crippen LogP contribution is -2.09. The lowest BCUT2D eigenvalue weighted by Gasteiger charge is -2.25. The van der Waals surface area contributed by atoms with Gasteiger partial charge >= 0.3 is 0 Å². The molecule has 4 heteroatoms. The van der Waals surface area contributed by atoms with Gasteiger partial charge in [-0.15, -0.1) is 0 Å². The average molecular weight is 751 g/mol. The van der Waals surface area contributed by atoms with Crippen molar-refractivity contribution in [2.45, 2.75) is 27.7 Å². The molecule has 0 saturated heterocycles. The van der Waals surface area contributed by atoms with Crippen LogP contribution in [0.4, 0.5) is 45.5 Å². The molecule has 0 N–H and O–H groups in total. The molecule has 8 aromatic rings. The lowest BCUT2D eigenvalue weighted by molar-refractivity contribution is 1.28. The molecule has 8 aromatic carbocycles. The first-order chi connectivity index (χ1) is 28.4. The molecule has 0 aliphatic carbocycles. The van der Waals surface area contributed by atoms with Gasteiger partial charge in [-0.25, -0.2) is 0 Å². The van der Waals surface area contributed by atoms with Crippen LogP contribution in [0.3, 0.4) is 0 Å². The zero-order valence-corrected chi connectivity index (χ0v) is 33.4. The lowest BCUT2D eigenvalue weighted by atomic mass is 9.95. The van der Waals surface area contributed by atoms with Crippen molar-refractivity contribution in [3.05, 3.63) is 228 Å². The Hall–Kier alpha value is -7.30. The smallest absolute Gasteiger partial charge is 0.0688 e. The van der Waals surface area contributed by atoms with Crippen LogP contribution in [0.5, 0.6) is 0 Å². The van der Waals surface area contributed by atoms with Crippen LogP contribution in [0.15, 0.2) is 204 Å². The molecule has 0 atom stereocenters. The molecule has 0 spiro atoms. The van der Waals surface area contributed by atoms with Crippen molar-refractivity contribution in [2.75, 3.05) is 9.80 Å². The highest BCUT2D eigenvalue weighted by atomic mass is 15.1. The van der Waals surface area contributed by atoms with E-state index in [9.17, 15) is 0 Å². The standard InChI is InChI=1S/C54H46N4/c1-39-33-45(34-40(2)53(39)55-37-43-25-29-51(30-26-43)57(47-17-9-5-10-18-47)48-19-11-6-12-20-48)46-35-41(3)54(42(4)36-46)56-38-44-27-31-52(32-28-44)58(49-21-13-7-14-22-49)50-23-15-8-16-24-50/h5-38H,1-4H3. The second-order valence-corrected chi connectivity index (χ2v) is 14.6. The maximum Gasteiger partial charge on any atom is 0.0688 e. The Balaban J connectivity index is 0.980. The normalized spacial score (nSPS) is 11.3. The minimum absolute atomic E-state index is 0.999. The van der Waals surface area contributed by atoms with E-state index in [2.05, 4.69) is 207 Å². The first kappa shape index (κ1) is 37.6. The Kier molecular flexibility index (Phi) is 11.2. The van der Waals surface area contributed by atoms with Gasteiger partial charge in [-0.1, -0.05) is 97.1 Å². The largest absolute Gasteiger partial charge is 0.311 e. The summed E-state index contributed by atoms with van der Waals surface area (Å²) < 4.78 is 0. The predicted octanol–water partition coefficient (Wildman–Crippen LogP) is 15.0. The third-order valence-electron chi connectivity index (χ3n) is 10.4. The highest BCUT2D eigenvalue weighted by Gasteiger charge is 2.14. The summed E-state index contributed by atoms with van der Waals surface area (Å²) in [6, 6.07) is 68.0. The molecule has 0 amide bonds. The summed E-state index contributed by atoms with van der Waals surface area (Å²) in [7, 11) is 0. The van der Waals surface area contributed by atoms with Gasteiger partial charge in [0, 0.05) is 46.6 Å². The Bertz CT molecular complexity index is 2350. The van der Waals surface area contributed by atoms with E-state index in [0.717, 1.165) is 78.9 Å². The number of aryl methyl sites for hydroxylation is 4. The summed E-state index contributed by atoms with van der Waals surface area (Å²) in [5.74, 6) is 0. The second kappa shape index (κ2) is 17.2. The van der Waals surface area contributed by atoms with Gasteiger partial charge in [0.1, 0.15) is 0 Å². The van der Waals surface area contributed by atoms with Gasteiger partial charge in [-0.2, -0.15) is 0 Å². The monoisotopic (exact) mass is 750 g/mol. The van der Waals surface area contributed by atoms with E-state index in [1.165, 1.54) is 11.1 Å². The van der Waals surface area contributed by atoms with Gasteiger partial charge < -0.3 is 9.80 Å². The molecule has 4 nitrogen and oxygen atoms in total. The first-order valence-corrected chi connectivity index (χ1v) is 19.7. The Morgan fingerprint density at radius 2 is 0.552 bits per heavy atom. The van der Waals surface area contributed by atoms with Gasteiger partial charge in [0.15, 0.2) is 0 Å². The van der Waals surface area contributed by atoms with E-state index in [4.69, 9.17) is 9.98 Å². The third kappa shape index (κ3) is 8.42. The van der Waals surface area contributed by atoms with Gasteiger partial charge in [0.05, 0.1) is 11.4 Å². The van der Waals surface area contributed by atoms with Crippen LogP contribution < -0.4 is 9.80 Å². The van der Waals surface area contributed by atoms with E-state index in [0.29, 0.717) is 0 Å². The van der Waals surface area contributed by atoms with Crippen molar-refractivity contribution in [3.63, 3.8) is 0 Å². The molecule has 0 aromatic heterocycles. The predicted molar refractivity (Wildman–Crippen MR) is 248 cm³/mol. The number of rotatable bonds is 11. The average Bonchev–Trinajstić information content (AvgIpc) is 3.26. The highest BCUT2D eigenvalue weighted by molar-refractivity contribution is 5.87. The number of nitrogens with zero attached hydrogens (tertiary/aromatic N) is 4. The summed E-state index contributed by atoms with van der Waals surface area (Å²) in [5, 5.41) is 0. The van der Waals surface area contributed by atoms with Crippen LogP contribution in [0.1, 0.15) is 33.4 Å².